The largest absolute Gasteiger partial charge is 0.457 e. The van der Waals surface area contributed by atoms with Crippen LogP contribution in [0.5, 0.6) is 0 Å². The van der Waals surface area contributed by atoms with Crippen LogP contribution in [0.15, 0.2) is 46.0 Å². The lowest BCUT2D eigenvalue weighted by atomic mass is 10.3. The molecule has 3 aromatic heterocycles. The van der Waals surface area contributed by atoms with Gasteiger partial charge in [-0.25, -0.2) is 9.67 Å². The van der Waals surface area contributed by atoms with Crippen molar-refractivity contribution in [2.45, 2.75) is 43.4 Å². The molecule has 154 valence electrons. The van der Waals surface area contributed by atoms with Gasteiger partial charge in [0.25, 0.3) is 0 Å². The molecule has 1 aliphatic rings. The van der Waals surface area contributed by atoms with Crippen molar-refractivity contribution in [2.75, 3.05) is 5.75 Å². The molecule has 0 spiro atoms. The van der Waals surface area contributed by atoms with Crippen molar-refractivity contribution >= 4 is 39.2 Å². The number of para-hydroxylation sites is 1. The minimum atomic E-state index is -0.0843. The Balaban J connectivity index is 1.15. The predicted octanol–water partition coefficient (Wildman–Crippen LogP) is 4.07. The van der Waals surface area contributed by atoms with Gasteiger partial charge >= 0.3 is 0 Å². The molecule has 3 heterocycles. The van der Waals surface area contributed by atoms with Crippen LogP contribution in [-0.2, 0) is 11.3 Å². The summed E-state index contributed by atoms with van der Waals surface area (Å²) in [5.74, 6) is 1.58. The van der Waals surface area contributed by atoms with Gasteiger partial charge in [0, 0.05) is 0 Å². The molecule has 8 nitrogen and oxygen atoms in total. The van der Waals surface area contributed by atoms with Crippen LogP contribution < -0.4 is 5.32 Å². The molecule has 0 saturated heterocycles. The lowest BCUT2D eigenvalue weighted by molar-refractivity contribution is -0.118. The number of rotatable bonds is 7. The summed E-state index contributed by atoms with van der Waals surface area (Å²) in [5.41, 5.74) is 0.959. The summed E-state index contributed by atoms with van der Waals surface area (Å²) in [4.78, 5) is 16.9. The van der Waals surface area contributed by atoms with Crippen molar-refractivity contribution in [3.05, 3.63) is 42.2 Å². The number of nitrogens with zero attached hydrogens (tertiary/aromatic N) is 5. The number of fused-ring (bicyclic) bond motifs is 1. The Labute approximate surface area is 181 Å². The number of thioether (sulfide) groups is 1. The summed E-state index contributed by atoms with van der Waals surface area (Å²) in [6.07, 6.45) is 4.61. The molecule has 30 heavy (non-hydrogen) atoms. The highest BCUT2D eigenvalue weighted by Gasteiger charge is 2.22. The van der Waals surface area contributed by atoms with Gasteiger partial charge in [0.2, 0.25) is 11.1 Å². The summed E-state index contributed by atoms with van der Waals surface area (Å²) >= 11 is 2.95. The highest BCUT2D eigenvalue weighted by molar-refractivity contribution is 7.99. The zero-order valence-corrected chi connectivity index (χ0v) is 17.8. The second kappa shape index (κ2) is 8.57. The molecule has 1 saturated carbocycles. The Morgan fingerprint density at radius 1 is 1.23 bits per heavy atom. The van der Waals surface area contributed by atoms with E-state index < -0.39 is 0 Å². The first kappa shape index (κ1) is 19.3. The van der Waals surface area contributed by atoms with Gasteiger partial charge in [0.15, 0.2) is 10.8 Å². The second-order valence-electron chi connectivity index (χ2n) is 7.16. The summed E-state index contributed by atoms with van der Waals surface area (Å²) in [6, 6.07) is 12.1. The average molecular weight is 441 g/mol. The predicted molar refractivity (Wildman–Crippen MR) is 115 cm³/mol. The van der Waals surface area contributed by atoms with Gasteiger partial charge in [0.05, 0.1) is 28.6 Å². The average Bonchev–Trinajstić information content (AvgIpc) is 3.54. The van der Waals surface area contributed by atoms with Gasteiger partial charge < -0.3 is 9.73 Å². The van der Waals surface area contributed by atoms with Crippen LogP contribution in [0, 0.1) is 0 Å². The summed E-state index contributed by atoms with van der Waals surface area (Å²) in [5, 5.41) is 16.4. The number of hydrogen-bond donors (Lipinski definition) is 1. The summed E-state index contributed by atoms with van der Waals surface area (Å²) < 4.78 is 8.86. The summed E-state index contributed by atoms with van der Waals surface area (Å²) in [7, 11) is 0. The third-order valence-electron chi connectivity index (χ3n) is 5.09. The van der Waals surface area contributed by atoms with E-state index in [1.54, 1.807) is 11.3 Å². The molecule has 0 bridgehead atoms. The normalized spacial score (nSPS) is 14.5. The molecule has 1 amide bonds. The highest BCUT2D eigenvalue weighted by Crippen LogP contribution is 2.32. The monoisotopic (exact) mass is 440 g/mol. The van der Waals surface area contributed by atoms with E-state index in [1.807, 2.05) is 41.1 Å². The molecule has 1 aromatic carbocycles. The van der Waals surface area contributed by atoms with Crippen molar-refractivity contribution in [3.8, 4) is 10.8 Å². The van der Waals surface area contributed by atoms with Gasteiger partial charge in [0.1, 0.15) is 5.76 Å². The van der Waals surface area contributed by atoms with Crippen LogP contribution in [0.2, 0.25) is 0 Å². The zero-order chi connectivity index (χ0) is 20.3. The molecule has 1 N–H and O–H groups in total. The minimum absolute atomic E-state index is 0.0843. The maximum Gasteiger partial charge on any atom is 0.230 e. The van der Waals surface area contributed by atoms with Gasteiger partial charge in [-0.2, -0.15) is 0 Å². The van der Waals surface area contributed by atoms with Crippen LogP contribution in [0.4, 0.5) is 0 Å². The van der Waals surface area contributed by atoms with Gasteiger partial charge in [-0.05, 0) is 47.5 Å². The number of tetrazole rings is 1. The number of carbonyl (C=O) groups is 1. The molecule has 0 unspecified atom stereocenters. The number of amides is 1. The zero-order valence-electron chi connectivity index (χ0n) is 16.2. The Bertz CT molecular complexity index is 1130. The number of aromatic nitrogens is 5. The Morgan fingerprint density at radius 2 is 2.10 bits per heavy atom. The SMILES string of the molecule is O=C(CSc1nnnn1C1CCCC1)NCc1ccc(-c2nc3ccccc3s2)o1. The van der Waals surface area contributed by atoms with E-state index >= 15 is 0 Å². The first-order valence-corrected chi connectivity index (χ1v) is 11.7. The topological polar surface area (TPSA) is 98.7 Å². The molecule has 10 heteroatoms. The third kappa shape index (κ3) is 4.10. The fourth-order valence-corrected chi connectivity index (χ4v) is 5.29. The number of thiazole rings is 1. The van der Waals surface area contributed by atoms with E-state index in [4.69, 9.17) is 4.42 Å². The van der Waals surface area contributed by atoms with Gasteiger partial charge in [-0.1, -0.05) is 36.7 Å². The molecule has 1 fully saturated rings. The molecule has 0 aliphatic heterocycles. The molecule has 5 rings (SSSR count). The van der Waals surface area contributed by atoms with Crippen molar-refractivity contribution in [3.63, 3.8) is 0 Å². The highest BCUT2D eigenvalue weighted by atomic mass is 32.2. The van der Waals surface area contributed by atoms with Crippen molar-refractivity contribution in [1.29, 1.82) is 0 Å². The van der Waals surface area contributed by atoms with Crippen LogP contribution >= 0.6 is 23.1 Å². The number of carbonyl (C=O) groups excluding carboxylic acids is 1. The van der Waals surface area contributed by atoms with Gasteiger partial charge in [-0.15, -0.1) is 16.4 Å². The van der Waals surface area contributed by atoms with E-state index in [0.29, 0.717) is 29.3 Å². The Hall–Kier alpha value is -2.72. The van der Waals surface area contributed by atoms with E-state index in [0.717, 1.165) is 28.1 Å². The van der Waals surface area contributed by atoms with Crippen molar-refractivity contribution < 1.29 is 9.21 Å². The number of furan rings is 1. The first-order valence-electron chi connectivity index (χ1n) is 9.88. The number of benzene rings is 1. The van der Waals surface area contributed by atoms with Crippen LogP contribution in [0.3, 0.4) is 0 Å². The molecular weight excluding hydrogens is 420 g/mol. The van der Waals surface area contributed by atoms with E-state index in [9.17, 15) is 4.79 Å². The first-order chi connectivity index (χ1) is 14.8. The molecular formula is C20H20N6O2S2. The second-order valence-corrected chi connectivity index (χ2v) is 9.14. The molecule has 0 atom stereocenters. The standard InChI is InChI=1S/C20H20N6O2S2/c27-18(12-29-20-23-24-25-26(20)13-5-1-2-6-13)21-11-14-9-10-16(28-14)19-22-15-7-3-4-8-17(15)30-19/h3-4,7-10,13H,1-2,5-6,11-12H2,(H,21,27). The van der Waals surface area contributed by atoms with Crippen molar-refractivity contribution in [1.82, 2.24) is 30.5 Å². The summed E-state index contributed by atoms with van der Waals surface area (Å²) in [6.45, 7) is 0.331. The quantitative estimate of drug-likeness (QED) is 0.433. The Morgan fingerprint density at radius 3 is 2.97 bits per heavy atom. The Kier molecular flexibility index (Phi) is 5.50. The fourth-order valence-electron chi connectivity index (χ4n) is 3.59. The lowest BCUT2D eigenvalue weighted by Gasteiger charge is -2.10. The van der Waals surface area contributed by atoms with E-state index in [1.165, 1.54) is 24.6 Å². The fraction of sp³-hybridized carbons (Fsp3) is 0.350. The third-order valence-corrected chi connectivity index (χ3v) is 7.08. The van der Waals surface area contributed by atoms with E-state index in [-0.39, 0.29) is 11.7 Å². The molecule has 4 aromatic rings. The lowest BCUT2D eigenvalue weighted by Crippen LogP contribution is -2.24. The minimum Gasteiger partial charge on any atom is -0.457 e. The molecule has 0 radical (unpaired) electrons. The molecule has 1 aliphatic carbocycles. The van der Waals surface area contributed by atoms with Gasteiger partial charge in [-0.3, -0.25) is 4.79 Å². The van der Waals surface area contributed by atoms with Crippen molar-refractivity contribution in [2.24, 2.45) is 0 Å². The van der Waals surface area contributed by atoms with Crippen LogP contribution in [0.1, 0.15) is 37.5 Å². The van der Waals surface area contributed by atoms with E-state index in [2.05, 4.69) is 25.8 Å². The van der Waals surface area contributed by atoms with Crippen LogP contribution in [0.25, 0.3) is 21.0 Å². The maximum atomic E-state index is 12.3. The van der Waals surface area contributed by atoms with Crippen LogP contribution in [-0.4, -0.2) is 36.9 Å². The maximum absolute atomic E-state index is 12.3. The number of nitrogens with one attached hydrogen (secondary N) is 1. The smallest absolute Gasteiger partial charge is 0.230 e. The number of hydrogen-bond acceptors (Lipinski definition) is 8.